The molecule has 1 aromatic carbocycles. The zero-order valence-electron chi connectivity index (χ0n) is 10.5. The third-order valence-electron chi connectivity index (χ3n) is 2.33. The Morgan fingerprint density at radius 1 is 1.35 bits per heavy atom. The van der Waals surface area contributed by atoms with Crippen molar-refractivity contribution in [1.29, 1.82) is 0 Å². The normalized spacial score (nSPS) is 10.8. The predicted molar refractivity (Wildman–Crippen MR) is 75.5 cm³/mol. The molecule has 8 heteroatoms. The number of rotatable bonds is 5. The Labute approximate surface area is 122 Å². The molecule has 1 amide bonds. The number of anilines is 1. The van der Waals surface area contributed by atoms with Crippen LogP contribution in [0.2, 0.25) is 0 Å². The zero-order valence-corrected chi connectivity index (χ0v) is 12.1. The van der Waals surface area contributed by atoms with E-state index in [2.05, 4.69) is 15.5 Å². The molecule has 0 radical (unpaired) electrons. The van der Waals surface area contributed by atoms with Gasteiger partial charge in [-0.2, -0.15) is 8.78 Å². The van der Waals surface area contributed by atoms with E-state index >= 15 is 0 Å². The van der Waals surface area contributed by atoms with Gasteiger partial charge in [0.1, 0.15) is 5.01 Å². The second kappa shape index (κ2) is 6.76. The van der Waals surface area contributed by atoms with Crippen molar-refractivity contribution in [1.82, 2.24) is 10.2 Å². The molecule has 0 unspecified atom stereocenters. The average molecular weight is 315 g/mol. The zero-order chi connectivity index (χ0) is 14.5. The molecule has 1 heterocycles. The van der Waals surface area contributed by atoms with Crippen LogP contribution in [0.4, 0.5) is 13.9 Å². The molecule has 0 aliphatic rings. The van der Waals surface area contributed by atoms with E-state index in [0.29, 0.717) is 27.4 Å². The summed E-state index contributed by atoms with van der Waals surface area (Å²) in [6.07, 6.45) is 0.757. The number of nitrogens with one attached hydrogen (secondary N) is 1. The van der Waals surface area contributed by atoms with Crippen molar-refractivity contribution < 1.29 is 13.6 Å². The van der Waals surface area contributed by atoms with E-state index in [-0.39, 0.29) is 5.91 Å². The van der Waals surface area contributed by atoms with Crippen molar-refractivity contribution in [3.05, 3.63) is 34.8 Å². The van der Waals surface area contributed by atoms with Gasteiger partial charge < -0.3 is 0 Å². The number of nitrogens with zero attached hydrogens (tertiary/aromatic N) is 2. The highest BCUT2D eigenvalue weighted by Crippen LogP contribution is 2.25. The third kappa shape index (κ3) is 3.97. The van der Waals surface area contributed by atoms with Crippen LogP contribution in [0.3, 0.4) is 0 Å². The first-order valence-corrected chi connectivity index (χ1v) is 7.46. The highest BCUT2D eigenvalue weighted by molar-refractivity contribution is 7.99. The fraction of sp³-hybridized carbons (Fsp3) is 0.250. The molecule has 2 aromatic rings. The SMILES string of the molecule is CCc1nnc(NC(=O)c2ccc(SC(F)F)cc2)s1. The highest BCUT2D eigenvalue weighted by Gasteiger charge is 2.11. The summed E-state index contributed by atoms with van der Waals surface area (Å²) < 4.78 is 24.3. The lowest BCUT2D eigenvalue weighted by Gasteiger charge is -2.03. The van der Waals surface area contributed by atoms with E-state index in [1.807, 2.05) is 6.92 Å². The molecule has 0 aliphatic carbocycles. The Bertz CT molecular complexity index is 587. The number of aryl methyl sites for hydroxylation is 1. The Kier molecular flexibility index (Phi) is 5.02. The maximum absolute atomic E-state index is 12.2. The number of alkyl halides is 2. The van der Waals surface area contributed by atoms with Crippen LogP contribution in [-0.2, 0) is 6.42 Å². The molecule has 106 valence electrons. The second-order valence-electron chi connectivity index (χ2n) is 3.71. The molecule has 0 saturated carbocycles. The average Bonchev–Trinajstić information content (AvgIpc) is 2.86. The molecule has 1 N–H and O–H groups in total. The van der Waals surface area contributed by atoms with Crippen LogP contribution in [0, 0.1) is 0 Å². The van der Waals surface area contributed by atoms with Crippen LogP contribution in [0.1, 0.15) is 22.3 Å². The van der Waals surface area contributed by atoms with Crippen molar-refractivity contribution >= 4 is 34.1 Å². The lowest BCUT2D eigenvalue weighted by Crippen LogP contribution is -2.11. The molecule has 0 spiro atoms. The van der Waals surface area contributed by atoms with E-state index in [9.17, 15) is 13.6 Å². The maximum Gasteiger partial charge on any atom is 0.288 e. The quantitative estimate of drug-likeness (QED) is 0.855. The molecule has 0 atom stereocenters. The van der Waals surface area contributed by atoms with Crippen LogP contribution in [0.15, 0.2) is 29.2 Å². The van der Waals surface area contributed by atoms with Crippen LogP contribution >= 0.6 is 23.1 Å². The van der Waals surface area contributed by atoms with Crippen molar-refractivity contribution in [2.75, 3.05) is 5.32 Å². The molecule has 1 aromatic heterocycles. The first kappa shape index (κ1) is 14.9. The summed E-state index contributed by atoms with van der Waals surface area (Å²) in [6, 6.07) is 5.98. The van der Waals surface area contributed by atoms with Crippen LogP contribution in [-0.4, -0.2) is 21.9 Å². The monoisotopic (exact) mass is 315 g/mol. The van der Waals surface area contributed by atoms with Crippen LogP contribution in [0.25, 0.3) is 0 Å². The van der Waals surface area contributed by atoms with Crippen LogP contribution < -0.4 is 5.32 Å². The highest BCUT2D eigenvalue weighted by atomic mass is 32.2. The first-order chi connectivity index (χ1) is 9.58. The van der Waals surface area contributed by atoms with E-state index in [1.54, 1.807) is 0 Å². The van der Waals surface area contributed by atoms with Crippen LogP contribution in [0.5, 0.6) is 0 Å². The van der Waals surface area contributed by atoms with Gasteiger partial charge in [-0.3, -0.25) is 10.1 Å². The number of hydrogen-bond acceptors (Lipinski definition) is 5. The Balaban J connectivity index is 2.01. The van der Waals surface area contributed by atoms with Gasteiger partial charge in [-0.15, -0.1) is 10.2 Å². The van der Waals surface area contributed by atoms with Gasteiger partial charge in [0.05, 0.1) is 0 Å². The largest absolute Gasteiger partial charge is 0.296 e. The number of carbonyl (C=O) groups excluding carboxylic acids is 1. The number of amides is 1. The first-order valence-electron chi connectivity index (χ1n) is 5.77. The summed E-state index contributed by atoms with van der Waals surface area (Å²) in [5.74, 6) is -2.80. The van der Waals surface area contributed by atoms with E-state index in [0.717, 1.165) is 11.4 Å². The minimum Gasteiger partial charge on any atom is -0.296 e. The van der Waals surface area contributed by atoms with E-state index in [1.165, 1.54) is 35.6 Å². The summed E-state index contributed by atoms with van der Waals surface area (Å²) in [4.78, 5) is 12.3. The van der Waals surface area contributed by atoms with E-state index < -0.39 is 5.76 Å². The summed E-state index contributed by atoms with van der Waals surface area (Å²) >= 11 is 1.75. The van der Waals surface area contributed by atoms with Gasteiger partial charge in [0, 0.05) is 10.5 Å². The number of hydrogen-bond donors (Lipinski definition) is 1. The van der Waals surface area contributed by atoms with Gasteiger partial charge >= 0.3 is 0 Å². The number of aromatic nitrogens is 2. The smallest absolute Gasteiger partial charge is 0.288 e. The Morgan fingerprint density at radius 3 is 2.60 bits per heavy atom. The van der Waals surface area contributed by atoms with E-state index in [4.69, 9.17) is 0 Å². The number of thioether (sulfide) groups is 1. The molecule has 20 heavy (non-hydrogen) atoms. The summed E-state index contributed by atoms with van der Waals surface area (Å²) in [7, 11) is 0. The Hall–Kier alpha value is -1.54. The number of benzene rings is 1. The molecule has 0 saturated heterocycles. The van der Waals surface area contributed by atoms with Crippen molar-refractivity contribution in [3.63, 3.8) is 0 Å². The molecular weight excluding hydrogens is 304 g/mol. The molecule has 0 bridgehead atoms. The summed E-state index contributed by atoms with van der Waals surface area (Å²) in [5.41, 5.74) is 0.386. The van der Waals surface area contributed by atoms with Gasteiger partial charge in [-0.1, -0.05) is 30.0 Å². The number of halogens is 2. The molecule has 2 rings (SSSR count). The minimum atomic E-state index is -2.47. The van der Waals surface area contributed by atoms with Gasteiger partial charge in [0.25, 0.3) is 11.7 Å². The summed E-state index contributed by atoms with van der Waals surface area (Å²) in [6.45, 7) is 1.95. The van der Waals surface area contributed by atoms with Gasteiger partial charge in [-0.05, 0) is 30.7 Å². The van der Waals surface area contributed by atoms with Gasteiger partial charge in [0.15, 0.2) is 0 Å². The fourth-order valence-corrected chi connectivity index (χ4v) is 2.58. The molecule has 0 aliphatic heterocycles. The fourth-order valence-electron chi connectivity index (χ4n) is 1.40. The summed E-state index contributed by atoms with van der Waals surface area (Å²) in [5, 5.41) is 11.6. The lowest BCUT2D eigenvalue weighted by molar-refractivity contribution is 0.102. The van der Waals surface area contributed by atoms with Crippen molar-refractivity contribution in [2.45, 2.75) is 24.0 Å². The third-order valence-corrected chi connectivity index (χ3v) is 4.04. The standard InChI is InChI=1S/C12H11F2N3OS2/c1-2-9-16-17-12(20-9)15-10(18)7-3-5-8(6-4-7)19-11(13)14/h3-6,11H,2H2,1H3,(H,15,17,18). The lowest BCUT2D eigenvalue weighted by atomic mass is 10.2. The maximum atomic E-state index is 12.2. The van der Waals surface area contributed by atoms with Gasteiger partial charge in [-0.25, -0.2) is 0 Å². The predicted octanol–water partition coefficient (Wildman–Crippen LogP) is 3.67. The molecule has 0 fully saturated rings. The minimum absolute atomic E-state index is 0.336. The van der Waals surface area contributed by atoms with Crippen molar-refractivity contribution in [3.8, 4) is 0 Å². The molecular formula is C12H11F2N3OS2. The topological polar surface area (TPSA) is 54.9 Å². The second-order valence-corrected chi connectivity index (χ2v) is 5.84. The molecule has 4 nitrogen and oxygen atoms in total. The Morgan fingerprint density at radius 2 is 2.05 bits per heavy atom. The number of carbonyl (C=O) groups is 1. The van der Waals surface area contributed by atoms with Crippen molar-refractivity contribution in [2.24, 2.45) is 0 Å². The van der Waals surface area contributed by atoms with Gasteiger partial charge in [0.2, 0.25) is 5.13 Å².